The molecule has 0 aromatic heterocycles. The molecule has 108 valence electrons. The van der Waals surface area contributed by atoms with E-state index in [1.54, 1.807) is 0 Å². The van der Waals surface area contributed by atoms with Crippen molar-refractivity contribution in [1.29, 1.82) is 0 Å². The van der Waals surface area contributed by atoms with Gasteiger partial charge in [0.05, 0.1) is 6.61 Å². The van der Waals surface area contributed by atoms with Crippen molar-refractivity contribution in [1.82, 2.24) is 10.2 Å². The normalized spacial score (nSPS) is 23.1. The molecular formula is C16H22N2O2. The number of fused-ring (bicyclic) bond motifs is 1. The molecule has 0 saturated carbocycles. The summed E-state index contributed by atoms with van der Waals surface area (Å²) in [4.78, 5) is 14.6. The molecule has 4 heteroatoms. The molecule has 2 aliphatic heterocycles. The predicted octanol–water partition coefficient (Wildman–Crippen LogP) is 1.51. The number of hydrogen-bond acceptors (Lipinski definition) is 3. The molecule has 1 aromatic rings. The van der Waals surface area contributed by atoms with Crippen molar-refractivity contribution >= 4 is 5.91 Å². The summed E-state index contributed by atoms with van der Waals surface area (Å²) in [5, 5.41) is 3.33. The number of piperidine rings is 1. The second-order valence-electron chi connectivity index (χ2n) is 5.63. The average Bonchev–Trinajstić information content (AvgIpc) is 2.54. The standard InChI is InChI=1S/C16H22N2O2/c1-18(13-6-9-17-10-7-13)16(19)15-14-5-3-2-4-12(14)8-11-20-15/h2-5,13,15,17H,6-11H2,1H3. The lowest BCUT2D eigenvalue weighted by Crippen LogP contribution is -2.46. The monoisotopic (exact) mass is 274 g/mol. The van der Waals surface area contributed by atoms with E-state index in [4.69, 9.17) is 4.74 Å². The highest BCUT2D eigenvalue weighted by molar-refractivity contribution is 5.83. The van der Waals surface area contributed by atoms with Gasteiger partial charge in [-0.2, -0.15) is 0 Å². The fourth-order valence-corrected chi connectivity index (χ4v) is 3.16. The molecule has 0 spiro atoms. The first-order valence-corrected chi connectivity index (χ1v) is 7.44. The van der Waals surface area contributed by atoms with Crippen LogP contribution in [0, 0.1) is 0 Å². The zero-order valence-corrected chi connectivity index (χ0v) is 12.0. The molecule has 1 atom stereocenters. The van der Waals surface area contributed by atoms with Gasteiger partial charge in [-0.1, -0.05) is 24.3 Å². The van der Waals surface area contributed by atoms with Crippen molar-refractivity contribution in [3.8, 4) is 0 Å². The van der Waals surface area contributed by atoms with Crippen LogP contribution in [-0.4, -0.2) is 43.6 Å². The molecule has 2 heterocycles. The third kappa shape index (κ3) is 2.58. The molecule has 1 saturated heterocycles. The Bertz CT molecular complexity index is 483. The number of likely N-dealkylation sites (N-methyl/N-ethyl adjacent to an activating group) is 1. The SMILES string of the molecule is CN(C(=O)C1OCCc2ccccc21)C1CCNCC1. The molecular weight excluding hydrogens is 252 g/mol. The van der Waals surface area contributed by atoms with Crippen molar-refractivity contribution in [3.05, 3.63) is 35.4 Å². The predicted molar refractivity (Wildman–Crippen MR) is 77.5 cm³/mol. The van der Waals surface area contributed by atoms with Gasteiger partial charge in [-0.3, -0.25) is 4.79 Å². The Hall–Kier alpha value is -1.39. The zero-order chi connectivity index (χ0) is 13.9. The number of carbonyl (C=O) groups is 1. The first-order valence-electron chi connectivity index (χ1n) is 7.44. The Morgan fingerprint density at radius 1 is 1.30 bits per heavy atom. The Morgan fingerprint density at radius 2 is 2.05 bits per heavy atom. The van der Waals surface area contributed by atoms with Gasteiger partial charge in [0.15, 0.2) is 6.10 Å². The summed E-state index contributed by atoms with van der Waals surface area (Å²) in [6.45, 7) is 2.61. The minimum absolute atomic E-state index is 0.101. The van der Waals surface area contributed by atoms with Crippen molar-refractivity contribution in [2.24, 2.45) is 0 Å². The van der Waals surface area contributed by atoms with Gasteiger partial charge in [-0.05, 0) is 43.5 Å². The highest BCUT2D eigenvalue weighted by Gasteiger charge is 2.32. The van der Waals surface area contributed by atoms with Crippen LogP contribution < -0.4 is 5.32 Å². The van der Waals surface area contributed by atoms with Gasteiger partial charge in [0.2, 0.25) is 0 Å². The third-order valence-electron chi connectivity index (χ3n) is 4.42. The molecule has 1 fully saturated rings. The second kappa shape index (κ2) is 5.94. The van der Waals surface area contributed by atoms with Gasteiger partial charge in [-0.15, -0.1) is 0 Å². The van der Waals surface area contributed by atoms with Crippen LogP contribution in [0.1, 0.15) is 30.1 Å². The van der Waals surface area contributed by atoms with E-state index in [1.807, 2.05) is 30.1 Å². The summed E-state index contributed by atoms with van der Waals surface area (Å²) in [7, 11) is 1.92. The fraction of sp³-hybridized carbons (Fsp3) is 0.562. The maximum absolute atomic E-state index is 12.7. The number of rotatable bonds is 2. The minimum atomic E-state index is -0.417. The van der Waals surface area contributed by atoms with Gasteiger partial charge >= 0.3 is 0 Å². The topological polar surface area (TPSA) is 41.6 Å². The third-order valence-corrected chi connectivity index (χ3v) is 4.42. The molecule has 0 radical (unpaired) electrons. The summed E-state index contributed by atoms with van der Waals surface area (Å²) in [6, 6.07) is 8.47. The molecule has 0 bridgehead atoms. The second-order valence-corrected chi connectivity index (χ2v) is 5.63. The van der Waals surface area contributed by atoms with Crippen LogP contribution in [0.2, 0.25) is 0 Å². The van der Waals surface area contributed by atoms with Crippen molar-refractivity contribution in [2.45, 2.75) is 31.4 Å². The molecule has 20 heavy (non-hydrogen) atoms. The largest absolute Gasteiger partial charge is 0.363 e. The Labute approximate surface area is 120 Å². The lowest BCUT2D eigenvalue weighted by Gasteiger charge is -2.35. The number of benzene rings is 1. The quantitative estimate of drug-likeness (QED) is 0.889. The van der Waals surface area contributed by atoms with E-state index in [0.717, 1.165) is 37.9 Å². The van der Waals surface area contributed by atoms with Crippen molar-refractivity contribution < 1.29 is 9.53 Å². The number of ether oxygens (including phenoxy) is 1. The summed E-state index contributed by atoms with van der Waals surface area (Å²) in [5.74, 6) is 0.101. The average molecular weight is 274 g/mol. The number of nitrogens with one attached hydrogen (secondary N) is 1. The van der Waals surface area contributed by atoms with E-state index in [1.165, 1.54) is 5.56 Å². The number of hydrogen-bond donors (Lipinski definition) is 1. The van der Waals surface area contributed by atoms with E-state index in [9.17, 15) is 4.79 Å². The van der Waals surface area contributed by atoms with Gasteiger partial charge in [0.1, 0.15) is 0 Å². The van der Waals surface area contributed by atoms with Crippen molar-refractivity contribution in [2.75, 3.05) is 26.7 Å². The Balaban J connectivity index is 1.77. The Kier molecular flexibility index (Phi) is 4.03. The molecule has 3 rings (SSSR count). The lowest BCUT2D eigenvalue weighted by atomic mass is 9.96. The number of amides is 1. The van der Waals surface area contributed by atoms with Crippen LogP contribution in [0.25, 0.3) is 0 Å². The first-order chi connectivity index (χ1) is 9.77. The molecule has 1 unspecified atom stereocenters. The van der Waals surface area contributed by atoms with E-state index in [0.29, 0.717) is 12.6 Å². The molecule has 4 nitrogen and oxygen atoms in total. The van der Waals surface area contributed by atoms with Gasteiger partial charge in [0.25, 0.3) is 5.91 Å². The van der Waals surface area contributed by atoms with Crippen LogP contribution in [0.3, 0.4) is 0 Å². The van der Waals surface area contributed by atoms with Crippen LogP contribution in [0.5, 0.6) is 0 Å². The highest BCUT2D eigenvalue weighted by atomic mass is 16.5. The molecule has 1 N–H and O–H groups in total. The molecule has 2 aliphatic rings. The zero-order valence-electron chi connectivity index (χ0n) is 12.0. The summed E-state index contributed by atoms with van der Waals surface area (Å²) in [5.41, 5.74) is 2.29. The molecule has 1 amide bonds. The van der Waals surface area contributed by atoms with Crippen LogP contribution in [0.4, 0.5) is 0 Å². The number of nitrogens with zero attached hydrogens (tertiary/aromatic N) is 1. The van der Waals surface area contributed by atoms with E-state index in [-0.39, 0.29) is 5.91 Å². The maximum atomic E-state index is 12.7. The number of carbonyl (C=O) groups excluding carboxylic acids is 1. The van der Waals surface area contributed by atoms with Crippen LogP contribution in [0.15, 0.2) is 24.3 Å². The summed E-state index contributed by atoms with van der Waals surface area (Å²) < 4.78 is 5.77. The summed E-state index contributed by atoms with van der Waals surface area (Å²) >= 11 is 0. The van der Waals surface area contributed by atoms with E-state index in [2.05, 4.69) is 11.4 Å². The fourth-order valence-electron chi connectivity index (χ4n) is 3.16. The smallest absolute Gasteiger partial charge is 0.256 e. The van der Waals surface area contributed by atoms with Crippen LogP contribution >= 0.6 is 0 Å². The van der Waals surface area contributed by atoms with E-state index >= 15 is 0 Å². The first kappa shape index (κ1) is 13.6. The minimum Gasteiger partial charge on any atom is -0.363 e. The van der Waals surface area contributed by atoms with Crippen molar-refractivity contribution in [3.63, 3.8) is 0 Å². The maximum Gasteiger partial charge on any atom is 0.256 e. The Morgan fingerprint density at radius 3 is 2.85 bits per heavy atom. The molecule has 0 aliphatic carbocycles. The lowest BCUT2D eigenvalue weighted by molar-refractivity contribution is -0.146. The highest BCUT2D eigenvalue weighted by Crippen LogP contribution is 2.29. The van der Waals surface area contributed by atoms with E-state index < -0.39 is 6.10 Å². The summed E-state index contributed by atoms with van der Waals surface area (Å²) in [6.07, 6.45) is 2.53. The van der Waals surface area contributed by atoms with Gasteiger partial charge in [0, 0.05) is 13.1 Å². The van der Waals surface area contributed by atoms with Gasteiger partial charge in [-0.25, -0.2) is 0 Å². The van der Waals surface area contributed by atoms with Crippen LogP contribution in [-0.2, 0) is 16.0 Å². The molecule has 1 aromatic carbocycles. The van der Waals surface area contributed by atoms with Gasteiger partial charge < -0.3 is 15.0 Å².